The van der Waals surface area contributed by atoms with Gasteiger partial charge in [0.1, 0.15) is 5.01 Å². The van der Waals surface area contributed by atoms with E-state index in [0.29, 0.717) is 5.02 Å². The van der Waals surface area contributed by atoms with Crippen molar-refractivity contribution in [2.24, 2.45) is 0 Å². The summed E-state index contributed by atoms with van der Waals surface area (Å²) in [6.07, 6.45) is 3.52. The van der Waals surface area contributed by atoms with Gasteiger partial charge in [-0.25, -0.2) is 4.98 Å². The maximum Gasteiger partial charge on any atom is 0.307 e. The fourth-order valence-corrected chi connectivity index (χ4v) is 5.74. The van der Waals surface area contributed by atoms with Crippen LogP contribution in [0.5, 0.6) is 0 Å². The summed E-state index contributed by atoms with van der Waals surface area (Å²) < 4.78 is 0.951. The van der Waals surface area contributed by atoms with Crippen LogP contribution in [0.2, 0.25) is 5.02 Å². The molecule has 6 aromatic rings. The van der Waals surface area contributed by atoms with E-state index >= 15 is 0 Å². The number of benzene rings is 3. The minimum absolute atomic E-state index is 0.0666. The van der Waals surface area contributed by atoms with Crippen LogP contribution in [-0.2, 0) is 11.2 Å². The lowest BCUT2D eigenvalue weighted by atomic mass is 9.93. The molecule has 0 bridgehead atoms. The Labute approximate surface area is 246 Å². The Morgan fingerprint density at radius 2 is 1.71 bits per heavy atom. The smallest absolute Gasteiger partial charge is 0.307 e. The molecule has 0 saturated carbocycles. The molecule has 0 atom stereocenters. The van der Waals surface area contributed by atoms with Gasteiger partial charge in [-0.3, -0.25) is 14.9 Å². The summed E-state index contributed by atoms with van der Waals surface area (Å²) in [5.41, 5.74) is 7.60. The zero-order valence-corrected chi connectivity index (χ0v) is 24.6. The van der Waals surface area contributed by atoms with Gasteiger partial charge in [0.2, 0.25) is 0 Å². The van der Waals surface area contributed by atoms with E-state index in [-0.39, 0.29) is 6.42 Å². The largest absolute Gasteiger partial charge is 0.481 e. The number of H-pyrrole nitrogens is 1. The fourth-order valence-electron chi connectivity index (χ4n) is 4.48. The summed E-state index contributed by atoms with van der Waals surface area (Å²) in [6.45, 7) is 7.17. The monoisotopic (exact) mass is 584 g/mol. The van der Waals surface area contributed by atoms with Gasteiger partial charge in [-0.05, 0) is 86.8 Å². The van der Waals surface area contributed by atoms with E-state index < -0.39 is 11.6 Å². The molecule has 0 unspecified atom stereocenters. The van der Waals surface area contributed by atoms with Crippen LogP contribution in [0.4, 0.5) is 0 Å². The topological polar surface area (TPSA) is 112 Å². The summed E-state index contributed by atoms with van der Waals surface area (Å²) in [4.78, 5) is 21.2. The van der Waals surface area contributed by atoms with Crippen LogP contribution in [0, 0.1) is 6.92 Å². The van der Waals surface area contributed by atoms with Crippen LogP contribution in [0.3, 0.4) is 0 Å². The summed E-state index contributed by atoms with van der Waals surface area (Å²) in [5.74, 6) is -0.870. The zero-order chi connectivity index (χ0) is 29.3. The number of hydrogen-bond acceptors (Lipinski definition) is 6. The first kappa shape index (κ1) is 28.4. The number of carboxylic acids is 1. The van der Waals surface area contributed by atoms with Gasteiger partial charge in [0.15, 0.2) is 0 Å². The van der Waals surface area contributed by atoms with E-state index in [1.807, 2.05) is 61.5 Å². The van der Waals surface area contributed by atoms with Crippen LogP contribution < -0.4 is 0 Å². The molecule has 3 aromatic carbocycles. The van der Waals surface area contributed by atoms with Crippen molar-refractivity contribution in [1.82, 2.24) is 20.2 Å². The molecule has 3 aromatic heterocycles. The highest BCUT2D eigenvalue weighted by atomic mass is 35.5. The number of nitrogens with one attached hydrogen (secondary N) is 1. The molecular formula is C32H29ClN4O3S. The summed E-state index contributed by atoms with van der Waals surface area (Å²) in [7, 11) is 0. The van der Waals surface area contributed by atoms with Gasteiger partial charge in [0, 0.05) is 33.3 Å². The number of aromatic nitrogens is 4. The van der Waals surface area contributed by atoms with E-state index in [4.69, 9.17) is 21.7 Å². The highest BCUT2D eigenvalue weighted by Gasteiger charge is 2.20. The van der Waals surface area contributed by atoms with Crippen molar-refractivity contribution in [3.05, 3.63) is 89.2 Å². The number of aliphatic hydroxyl groups is 1. The molecule has 9 heteroatoms. The zero-order valence-electron chi connectivity index (χ0n) is 23.1. The molecule has 6 rings (SSSR count). The number of halogens is 1. The number of rotatable bonds is 5. The van der Waals surface area contributed by atoms with Crippen molar-refractivity contribution in [3.8, 4) is 33.0 Å². The second-order valence-electron chi connectivity index (χ2n) is 10.8. The third-order valence-corrected chi connectivity index (χ3v) is 7.60. The maximum absolute atomic E-state index is 11.7. The van der Waals surface area contributed by atoms with Crippen LogP contribution in [0.25, 0.3) is 54.1 Å². The molecule has 3 N–H and O–H groups in total. The predicted octanol–water partition coefficient (Wildman–Crippen LogP) is 7.93. The first-order valence-corrected chi connectivity index (χ1v) is 14.2. The van der Waals surface area contributed by atoms with Crippen LogP contribution in [0.1, 0.15) is 31.9 Å². The number of nitrogens with zero attached hydrogens (tertiary/aromatic N) is 3. The second kappa shape index (κ2) is 11.4. The molecular weight excluding hydrogens is 556 g/mol. The molecule has 0 spiro atoms. The molecule has 0 saturated heterocycles. The average molecular weight is 585 g/mol. The molecule has 0 fully saturated rings. The third-order valence-electron chi connectivity index (χ3n) is 6.22. The fraction of sp³-hybridized carbons (Fsp3) is 0.188. The number of thiazole rings is 1. The van der Waals surface area contributed by atoms with Crippen LogP contribution in [-0.4, -0.2) is 41.9 Å². The summed E-state index contributed by atoms with van der Waals surface area (Å²) >= 11 is 7.69. The van der Waals surface area contributed by atoms with Gasteiger partial charge in [-0.15, -0.1) is 11.3 Å². The Morgan fingerprint density at radius 1 is 1.00 bits per heavy atom. The van der Waals surface area contributed by atoms with Crippen molar-refractivity contribution in [3.63, 3.8) is 0 Å². The van der Waals surface area contributed by atoms with Gasteiger partial charge in [-0.2, -0.15) is 5.10 Å². The minimum Gasteiger partial charge on any atom is -0.481 e. The number of aryl methyl sites for hydroxylation is 1. The standard InChI is InChI=1S/C28H19ClN4O2S.C4H10O/c1-15-10-24-27(26(21(15)13-25(34)35)16-2-5-20(29)6-3-16)36-28(32-24)18-8-9-30-23(12-18)17-4-7-22-19(11-17)14-31-33-22;1-4(2,3)5/h2-12,14H,13H2,1H3,(H,31,33)(H,34,35);5H,1-3H3. The van der Waals surface area contributed by atoms with E-state index in [1.165, 1.54) is 0 Å². The lowest BCUT2D eigenvalue weighted by Gasteiger charge is -2.13. The quantitative estimate of drug-likeness (QED) is 0.190. The van der Waals surface area contributed by atoms with E-state index in [2.05, 4.69) is 21.2 Å². The van der Waals surface area contributed by atoms with E-state index in [0.717, 1.165) is 65.2 Å². The van der Waals surface area contributed by atoms with E-state index in [1.54, 1.807) is 44.5 Å². The Bertz CT molecular complexity index is 1860. The predicted molar refractivity (Wildman–Crippen MR) is 166 cm³/mol. The number of hydrogen-bond donors (Lipinski definition) is 3. The lowest BCUT2D eigenvalue weighted by Crippen LogP contribution is -2.10. The van der Waals surface area contributed by atoms with Crippen LogP contribution >= 0.6 is 22.9 Å². The molecule has 0 amide bonds. The van der Waals surface area contributed by atoms with Crippen molar-refractivity contribution in [2.45, 2.75) is 39.7 Å². The van der Waals surface area contributed by atoms with Gasteiger partial charge < -0.3 is 10.2 Å². The van der Waals surface area contributed by atoms with Crippen molar-refractivity contribution in [1.29, 1.82) is 0 Å². The molecule has 208 valence electrons. The van der Waals surface area contributed by atoms with Gasteiger partial charge in [-0.1, -0.05) is 29.8 Å². The first-order chi connectivity index (χ1) is 19.5. The normalized spacial score (nSPS) is 11.5. The molecule has 0 radical (unpaired) electrons. The van der Waals surface area contributed by atoms with Crippen molar-refractivity contribution in [2.75, 3.05) is 0 Å². The Balaban J connectivity index is 0.000000623. The number of carbonyl (C=O) groups is 1. The first-order valence-electron chi connectivity index (χ1n) is 13.0. The van der Waals surface area contributed by atoms with Crippen molar-refractivity contribution >= 4 is 50.0 Å². The molecule has 0 aliphatic rings. The van der Waals surface area contributed by atoms with Gasteiger partial charge in [0.25, 0.3) is 0 Å². The molecule has 41 heavy (non-hydrogen) atoms. The number of aromatic amines is 1. The maximum atomic E-state index is 11.7. The molecule has 3 heterocycles. The Kier molecular flexibility index (Phi) is 7.91. The SMILES string of the molecule is CC(C)(C)O.Cc1cc2nc(-c3ccnc(-c4ccc5[nH]ncc5c4)c3)sc2c(-c2ccc(Cl)cc2)c1CC(=O)O. The number of carboxylic acid groups (broad SMARTS) is 1. The number of aliphatic carboxylic acids is 1. The minimum atomic E-state index is -0.870. The van der Waals surface area contributed by atoms with Crippen molar-refractivity contribution < 1.29 is 15.0 Å². The number of pyridine rings is 1. The average Bonchev–Trinajstić information content (AvgIpc) is 3.55. The third kappa shape index (κ3) is 6.62. The van der Waals surface area contributed by atoms with Gasteiger partial charge in [0.05, 0.1) is 39.6 Å². The summed E-state index contributed by atoms with van der Waals surface area (Å²) in [5, 5.41) is 27.7. The van der Waals surface area contributed by atoms with Gasteiger partial charge >= 0.3 is 5.97 Å². The Hall–Kier alpha value is -4.11. The number of fused-ring (bicyclic) bond motifs is 2. The van der Waals surface area contributed by atoms with E-state index in [9.17, 15) is 9.90 Å². The lowest BCUT2D eigenvalue weighted by molar-refractivity contribution is -0.136. The molecule has 0 aliphatic carbocycles. The highest BCUT2D eigenvalue weighted by molar-refractivity contribution is 7.22. The molecule has 0 aliphatic heterocycles. The highest BCUT2D eigenvalue weighted by Crippen LogP contribution is 2.41. The molecule has 7 nitrogen and oxygen atoms in total. The van der Waals surface area contributed by atoms with Crippen LogP contribution in [0.15, 0.2) is 73.1 Å². The second-order valence-corrected chi connectivity index (χ2v) is 12.2. The summed E-state index contributed by atoms with van der Waals surface area (Å²) in [6, 6.07) is 19.5. The Morgan fingerprint density at radius 3 is 2.41 bits per heavy atom.